The molecule has 0 bridgehead atoms. The Morgan fingerprint density at radius 1 is 1.47 bits per heavy atom. The van der Waals surface area contributed by atoms with Crippen LogP contribution >= 0.6 is 0 Å². The smallest absolute Gasteiger partial charge is 0.239 e. The average molecular weight is 212 g/mol. The van der Waals surface area contributed by atoms with Crippen molar-refractivity contribution in [2.75, 3.05) is 13.6 Å². The van der Waals surface area contributed by atoms with Crippen LogP contribution < -0.4 is 5.73 Å². The molecule has 0 radical (unpaired) electrons. The highest BCUT2D eigenvalue weighted by atomic mass is 16.2. The number of likely N-dealkylation sites (N-methyl/N-ethyl adjacent to an activating group) is 1. The van der Waals surface area contributed by atoms with E-state index in [-0.39, 0.29) is 17.9 Å². The van der Waals surface area contributed by atoms with E-state index in [1.54, 1.807) is 4.90 Å². The lowest BCUT2D eigenvalue weighted by molar-refractivity contribution is -0.132. The van der Waals surface area contributed by atoms with Crippen LogP contribution in [0.25, 0.3) is 0 Å². The van der Waals surface area contributed by atoms with Crippen LogP contribution in [-0.2, 0) is 4.79 Å². The van der Waals surface area contributed by atoms with E-state index in [4.69, 9.17) is 5.73 Å². The zero-order valence-corrected chi connectivity index (χ0v) is 10.2. The van der Waals surface area contributed by atoms with Gasteiger partial charge in [0, 0.05) is 13.6 Å². The van der Waals surface area contributed by atoms with Gasteiger partial charge in [-0.05, 0) is 25.2 Å². The minimum atomic E-state index is -0.366. The van der Waals surface area contributed by atoms with Gasteiger partial charge in [-0.1, -0.05) is 19.9 Å². The maximum atomic E-state index is 11.7. The highest BCUT2D eigenvalue weighted by molar-refractivity contribution is 5.81. The summed E-state index contributed by atoms with van der Waals surface area (Å²) < 4.78 is 0. The summed E-state index contributed by atoms with van der Waals surface area (Å²) in [5.41, 5.74) is 5.78. The third kappa shape index (κ3) is 5.57. The van der Waals surface area contributed by atoms with E-state index in [9.17, 15) is 4.79 Å². The molecule has 0 saturated heterocycles. The predicted molar refractivity (Wildman–Crippen MR) is 64.5 cm³/mol. The standard InChI is InChI=1S/C12H24N2O/c1-5-6-7-8-9-14(4)12(15)11(13)10(2)3/h5,10-11H,1,6-9,13H2,2-4H3/t11-/m0/s1. The van der Waals surface area contributed by atoms with Crippen LogP contribution in [0.1, 0.15) is 33.1 Å². The van der Waals surface area contributed by atoms with E-state index >= 15 is 0 Å². The fourth-order valence-electron chi connectivity index (χ4n) is 1.29. The van der Waals surface area contributed by atoms with E-state index in [0.717, 1.165) is 25.8 Å². The molecule has 0 spiro atoms. The van der Waals surface area contributed by atoms with Crippen molar-refractivity contribution in [3.63, 3.8) is 0 Å². The van der Waals surface area contributed by atoms with E-state index in [2.05, 4.69) is 6.58 Å². The molecule has 1 amide bonds. The predicted octanol–water partition coefficient (Wildman–Crippen LogP) is 1.78. The Labute approximate surface area is 93.3 Å². The molecule has 0 saturated carbocycles. The molecular formula is C12H24N2O. The van der Waals surface area contributed by atoms with Crippen LogP contribution in [0.2, 0.25) is 0 Å². The second-order valence-electron chi connectivity index (χ2n) is 4.31. The number of allylic oxidation sites excluding steroid dienone is 1. The molecule has 0 aliphatic carbocycles. The zero-order chi connectivity index (χ0) is 11.8. The van der Waals surface area contributed by atoms with Crippen LogP contribution in [0, 0.1) is 5.92 Å². The molecule has 0 heterocycles. The first kappa shape index (κ1) is 14.2. The number of unbranched alkanes of at least 4 members (excludes halogenated alkanes) is 2. The van der Waals surface area contributed by atoms with E-state index in [1.165, 1.54) is 0 Å². The quantitative estimate of drug-likeness (QED) is 0.516. The van der Waals surface area contributed by atoms with Gasteiger partial charge in [-0.15, -0.1) is 6.58 Å². The number of hydrogen-bond donors (Lipinski definition) is 1. The Morgan fingerprint density at radius 3 is 2.53 bits per heavy atom. The SMILES string of the molecule is C=CCCCCN(C)C(=O)[C@@H](N)C(C)C. The summed E-state index contributed by atoms with van der Waals surface area (Å²) in [6.07, 6.45) is 5.01. The van der Waals surface area contributed by atoms with Gasteiger partial charge < -0.3 is 10.6 Å². The fourth-order valence-corrected chi connectivity index (χ4v) is 1.29. The van der Waals surface area contributed by atoms with E-state index < -0.39 is 0 Å². The van der Waals surface area contributed by atoms with Crippen molar-refractivity contribution in [3.05, 3.63) is 12.7 Å². The van der Waals surface area contributed by atoms with Crippen LogP contribution in [0.4, 0.5) is 0 Å². The second kappa shape index (κ2) is 7.46. The minimum Gasteiger partial charge on any atom is -0.344 e. The molecule has 3 heteroatoms. The summed E-state index contributed by atoms with van der Waals surface area (Å²) in [6.45, 7) is 8.38. The Balaban J connectivity index is 3.83. The zero-order valence-electron chi connectivity index (χ0n) is 10.2. The summed E-state index contributed by atoms with van der Waals surface area (Å²) in [5.74, 6) is 0.247. The van der Waals surface area contributed by atoms with Gasteiger partial charge in [-0.2, -0.15) is 0 Å². The maximum Gasteiger partial charge on any atom is 0.239 e. The van der Waals surface area contributed by atoms with Gasteiger partial charge in [0.25, 0.3) is 0 Å². The first-order valence-electron chi connectivity index (χ1n) is 5.62. The molecule has 0 aromatic rings. The van der Waals surface area contributed by atoms with Crippen molar-refractivity contribution in [2.24, 2.45) is 11.7 Å². The fraction of sp³-hybridized carbons (Fsp3) is 0.750. The monoisotopic (exact) mass is 212 g/mol. The molecule has 0 fully saturated rings. The average Bonchev–Trinajstić information content (AvgIpc) is 2.21. The number of nitrogens with zero attached hydrogens (tertiary/aromatic N) is 1. The molecule has 0 aliphatic heterocycles. The van der Waals surface area contributed by atoms with Gasteiger partial charge in [0.2, 0.25) is 5.91 Å². The summed E-state index contributed by atoms with van der Waals surface area (Å²) in [4.78, 5) is 13.5. The molecule has 1 atom stereocenters. The third-order valence-electron chi connectivity index (χ3n) is 2.53. The summed E-state index contributed by atoms with van der Waals surface area (Å²) in [5, 5.41) is 0. The van der Waals surface area contributed by atoms with E-state index in [0.29, 0.717) is 0 Å². The molecule has 0 unspecified atom stereocenters. The maximum absolute atomic E-state index is 11.7. The molecule has 0 aromatic carbocycles. The Bertz CT molecular complexity index is 202. The van der Waals surface area contributed by atoms with Gasteiger partial charge in [0.05, 0.1) is 6.04 Å². The first-order valence-corrected chi connectivity index (χ1v) is 5.62. The van der Waals surface area contributed by atoms with Crippen LogP contribution in [-0.4, -0.2) is 30.4 Å². The molecule has 0 rings (SSSR count). The molecule has 0 aromatic heterocycles. The van der Waals surface area contributed by atoms with Gasteiger partial charge in [0.15, 0.2) is 0 Å². The lowest BCUT2D eigenvalue weighted by Crippen LogP contribution is -2.45. The highest BCUT2D eigenvalue weighted by Gasteiger charge is 2.20. The van der Waals surface area contributed by atoms with Gasteiger partial charge in [0.1, 0.15) is 0 Å². The van der Waals surface area contributed by atoms with Crippen LogP contribution in [0.5, 0.6) is 0 Å². The highest BCUT2D eigenvalue weighted by Crippen LogP contribution is 2.04. The summed E-state index contributed by atoms with van der Waals surface area (Å²) in [6, 6.07) is -0.366. The molecule has 0 aliphatic rings. The summed E-state index contributed by atoms with van der Waals surface area (Å²) in [7, 11) is 1.82. The van der Waals surface area contributed by atoms with Gasteiger partial charge in [-0.3, -0.25) is 4.79 Å². The largest absolute Gasteiger partial charge is 0.344 e. The second-order valence-corrected chi connectivity index (χ2v) is 4.31. The molecular weight excluding hydrogens is 188 g/mol. The summed E-state index contributed by atoms with van der Waals surface area (Å²) >= 11 is 0. The molecule has 2 N–H and O–H groups in total. The van der Waals surface area contributed by atoms with Gasteiger partial charge in [-0.25, -0.2) is 0 Å². The number of carbonyl (C=O) groups excluding carboxylic acids is 1. The van der Waals surface area contributed by atoms with E-state index in [1.807, 2.05) is 27.0 Å². The molecule has 88 valence electrons. The third-order valence-corrected chi connectivity index (χ3v) is 2.53. The Morgan fingerprint density at radius 2 is 2.07 bits per heavy atom. The minimum absolute atomic E-state index is 0.0450. The van der Waals surface area contributed by atoms with Crippen molar-refractivity contribution in [1.82, 2.24) is 4.90 Å². The van der Waals surface area contributed by atoms with Crippen molar-refractivity contribution in [1.29, 1.82) is 0 Å². The number of hydrogen-bond acceptors (Lipinski definition) is 2. The normalized spacial score (nSPS) is 12.6. The van der Waals surface area contributed by atoms with Crippen molar-refractivity contribution >= 4 is 5.91 Å². The number of rotatable bonds is 7. The van der Waals surface area contributed by atoms with Crippen molar-refractivity contribution in [3.8, 4) is 0 Å². The Kier molecular flexibility index (Phi) is 7.05. The van der Waals surface area contributed by atoms with Gasteiger partial charge >= 0.3 is 0 Å². The van der Waals surface area contributed by atoms with Crippen molar-refractivity contribution < 1.29 is 4.79 Å². The number of carbonyl (C=O) groups is 1. The first-order chi connectivity index (χ1) is 7.00. The lowest BCUT2D eigenvalue weighted by Gasteiger charge is -2.23. The number of amides is 1. The topological polar surface area (TPSA) is 46.3 Å². The molecule has 3 nitrogen and oxygen atoms in total. The Hall–Kier alpha value is -0.830. The van der Waals surface area contributed by atoms with Crippen LogP contribution in [0.15, 0.2) is 12.7 Å². The number of nitrogens with two attached hydrogens (primary N) is 1. The van der Waals surface area contributed by atoms with Crippen LogP contribution in [0.3, 0.4) is 0 Å². The molecule has 15 heavy (non-hydrogen) atoms. The van der Waals surface area contributed by atoms with Crippen molar-refractivity contribution in [2.45, 2.75) is 39.2 Å². The lowest BCUT2D eigenvalue weighted by atomic mass is 10.0.